The number of ketones is 1. The molecule has 1 aromatic rings. The van der Waals surface area contributed by atoms with Crippen LogP contribution in [0.25, 0.3) is 0 Å². The molecule has 0 aromatic heterocycles. The number of hydrogen-bond donors (Lipinski definition) is 1. The summed E-state index contributed by atoms with van der Waals surface area (Å²) in [4.78, 5) is 25.7. The molecule has 108 valence electrons. The molecule has 2 rings (SSSR count). The summed E-state index contributed by atoms with van der Waals surface area (Å²) in [6.07, 6.45) is 0.430. The van der Waals surface area contributed by atoms with Gasteiger partial charge < -0.3 is 15.0 Å². The van der Waals surface area contributed by atoms with Gasteiger partial charge in [0.15, 0.2) is 11.4 Å². The zero-order valence-corrected chi connectivity index (χ0v) is 12.3. The Morgan fingerprint density at radius 2 is 2.10 bits per heavy atom. The first-order valence-electron chi connectivity index (χ1n) is 6.66. The zero-order chi connectivity index (χ0) is 14.9. The van der Waals surface area contributed by atoms with E-state index in [1.807, 2.05) is 7.05 Å². The molecule has 0 saturated carbocycles. The van der Waals surface area contributed by atoms with E-state index in [2.05, 4.69) is 5.32 Å². The molecule has 0 fully saturated rings. The highest BCUT2D eigenvalue weighted by molar-refractivity contribution is 6.04. The molecule has 0 unspecified atom stereocenters. The number of ether oxygens (including phenoxy) is 1. The predicted octanol–water partition coefficient (Wildman–Crippen LogP) is 1.61. The zero-order valence-electron chi connectivity index (χ0n) is 12.3. The summed E-state index contributed by atoms with van der Waals surface area (Å²) in [7, 11) is 3.51. The minimum absolute atomic E-state index is 0.0489. The van der Waals surface area contributed by atoms with E-state index < -0.39 is 5.60 Å². The molecule has 1 heterocycles. The van der Waals surface area contributed by atoms with Crippen LogP contribution in [0.4, 0.5) is 5.69 Å². The summed E-state index contributed by atoms with van der Waals surface area (Å²) in [5, 5.41) is 2.95. The van der Waals surface area contributed by atoms with E-state index in [-0.39, 0.29) is 11.7 Å². The van der Waals surface area contributed by atoms with Gasteiger partial charge in [0.1, 0.15) is 5.75 Å². The van der Waals surface area contributed by atoms with E-state index in [1.165, 1.54) is 0 Å². The Bertz CT molecular complexity index is 552. The number of fused-ring (bicyclic) bond motifs is 1. The number of nitrogens with zero attached hydrogens (tertiary/aromatic N) is 1. The van der Waals surface area contributed by atoms with Crippen molar-refractivity contribution in [3.63, 3.8) is 0 Å². The molecule has 1 aliphatic heterocycles. The Balaban J connectivity index is 2.33. The normalized spacial score (nSPS) is 16.6. The van der Waals surface area contributed by atoms with Gasteiger partial charge in [0, 0.05) is 25.6 Å². The van der Waals surface area contributed by atoms with Gasteiger partial charge in [-0.15, -0.1) is 0 Å². The maximum atomic E-state index is 12.2. The lowest BCUT2D eigenvalue weighted by Crippen LogP contribution is -2.50. The molecular weight excluding hydrogens is 256 g/mol. The van der Waals surface area contributed by atoms with E-state index >= 15 is 0 Å². The number of amides is 1. The molecule has 0 atom stereocenters. The Kier molecular flexibility index (Phi) is 3.81. The lowest BCUT2D eigenvalue weighted by atomic mass is 10.0. The summed E-state index contributed by atoms with van der Waals surface area (Å²) in [5.41, 5.74) is 0.367. The first-order valence-corrected chi connectivity index (χ1v) is 6.66. The van der Waals surface area contributed by atoms with E-state index in [4.69, 9.17) is 4.74 Å². The average Bonchev–Trinajstić information content (AvgIpc) is 2.42. The first-order chi connectivity index (χ1) is 9.36. The van der Waals surface area contributed by atoms with E-state index in [1.54, 1.807) is 44.0 Å². The smallest absolute Gasteiger partial charge is 0.270 e. The molecule has 0 bridgehead atoms. The Hall–Kier alpha value is -1.88. The molecule has 5 nitrogen and oxygen atoms in total. The van der Waals surface area contributed by atoms with Crippen molar-refractivity contribution >= 4 is 17.4 Å². The number of carbonyl (C=O) groups is 2. The number of hydrogen-bond acceptors (Lipinski definition) is 4. The number of benzene rings is 1. The van der Waals surface area contributed by atoms with E-state index in [9.17, 15) is 9.59 Å². The lowest BCUT2D eigenvalue weighted by Gasteiger charge is -2.37. The second-order valence-corrected chi connectivity index (χ2v) is 5.44. The number of likely N-dealkylation sites (N-methyl/N-ethyl adjacent to an activating group) is 1. The van der Waals surface area contributed by atoms with Gasteiger partial charge in [-0.3, -0.25) is 9.59 Å². The third kappa shape index (κ3) is 2.54. The fourth-order valence-corrected chi connectivity index (χ4v) is 2.25. The van der Waals surface area contributed by atoms with Crippen LogP contribution in [0, 0.1) is 0 Å². The molecule has 5 heteroatoms. The van der Waals surface area contributed by atoms with Crippen LogP contribution in [0.15, 0.2) is 18.2 Å². The van der Waals surface area contributed by atoms with Crippen molar-refractivity contribution in [1.29, 1.82) is 0 Å². The van der Waals surface area contributed by atoms with Crippen LogP contribution in [0.3, 0.4) is 0 Å². The molecule has 20 heavy (non-hydrogen) atoms. The van der Waals surface area contributed by atoms with Crippen molar-refractivity contribution in [2.75, 3.05) is 25.5 Å². The monoisotopic (exact) mass is 276 g/mol. The van der Waals surface area contributed by atoms with Crippen molar-refractivity contribution in [3.8, 4) is 5.75 Å². The highest BCUT2D eigenvalue weighted by Gasteiger charge is 2.39. The first kappa shape index (κ1) is 14.5. The van der Waals surface area contributed by atoms with E-state index in [0.29, 0.717) is 30.0 Å². The third-order valence-electron chi connectivity index (χ3n) is 3.43. The Morgan fingerprint density at radius 3 is 2.75 bits per heavy atom. The van der Waals surface area contributed by atoms with Crippen molar-refractivity contribution in [1.82, 2.24) is 5.32 Å². The molecular formula is C15H20N2O3. The molecule has 0 spiro atoms. The van der Waals surface area contributed by atoms with Crippen LogP contribution in [0.1, 0.15) is 30.6 Å². The summed E-state index contributed by atoms with van der Waals surface area (Å²) in [6, 6.07) is 5.23. The van der Waals surface area contributed by atoms with Crippen LogP contribution in [-0.4, -0.2) is 37.9 Å². The van der Waals surface area contributed by atoms with Gasteiger partial charge in [0.05, 0.1) is 5.69 Å². The van der Waals surface area contributed by atoms with Crippen LogP contribution in [0.5, 0.6) is 5.75 Å². The Morgan fingerprint density at radius 1 is 1.40 bits per heavy atom. The summed E-state index contributed by atoms with van der Waals surface area (Å²) in [5.74, 6) is 0.555. The second kappa shape index (κ2) is 5.25. The SMILES string of the molecule is CNCCC(=O)c1ccc2c(c1)N(C)C(=O)C(C)(C)O2. The third-order valence-corrected chi connectivity index (χ3v) is 3.43. The number of Topliss-reactive ketones (excluding diaryl/α,β-unsaturated/α-hetero) is 1. The Labute approximate surface area is 118 Å². The summed E-state index contributed by atoms with van der Waals surface area (Å²) < 4.78 is 5.70. The quantitative estimate of drug-likeness (QED) is 0.849. The fourth-order valence-electron chi connectivity index (χ4n) is 2.25. The minimum Gasteiger partial charge on any atom is -0.476 e. The molecule has 1 N–H and O–H groups in total. The molecule has 0 saturated heterocycles. The van der Waals surface area contributed by atoms with Gasteiger partial charge in [0.2, 0.25) is 0 Å². The van der Waals surface area contributed by atoms with Crippen LogP contribution >= 0.6 is 0 Å². The standard InChI is InChI=1S/C15H20N2O3/c1-15(2)14(19)17(4)11-9-10(5-6-13(11)20-15)12(18)7-8-16-3/h5-6,9,16H,7-8H2,1-4H3. The molecule has 1 aliphatic rings. The van der Waals surface area contributed by atoms with Gasteiger partial charge in [-0.05, 0) is 39.1 Å². The molecule has 0 aliphatic carbocycles. The lowest BCUT2D eigenvalue weighted by molar-refractivity contribution is -0.132. The minimum atomic E-state index is -0.876. The summed E-state index contributed by atoms with van der Waals surface area (Å²) >= 11 is 0. The van der Waals surface area contributed by atoms with E-state index in [0.717, 1.165) is 0 Å². The number of carbonyl (C=O) groups excluding carboxylic acids is 2. The van der Waals surface area contributed by atoms with Crippen molar-refractivity contribution < 1.29 is 14.3 Å². The highest BCUT2D eigenvalue weighted by atomic mass is 16.5. The highest BCUT2D eigenvalue weighted by Crippen LogP contribution is 2.37. The number of rotatable bonds is 4. The van der Waals surface area contributed by atoms with Crippen LogP contribution < -0.4 is 15.0 Å². The predicted molar refractivity (Wildman–Crippen MR) is 77.4 cm³/mol. The fraction of sp³-hybridized carbons (Fsp3) is 0.467. The van der Waals surface area contributed by atoms with Gasteiger partial charge >= 0.3 is 0 Å². The van der Waals surface area contributed by atoms with Gasteiger partial charge in [-0.25, -0.2) is 0 Å². The van der Waals surface area contributed by atoms with Gasteiger partial charge in [0.25, 0.3) is 5.91 Å². The molecule has 1 aromatic carbocycles. The van der Waals surface area contributed by atoms with Gasteiger partial charge in [-0.2, -0.15) is 0 Å². The number of anilines is 1. The maximum absolute atomic E-state index is 12.2. The molecule has 0 radical (unpaired) electrons. The average molecular weight is 276 g/mol. The topological polar surface area (TPSA) is 58.6 Å². The van der Waals surface area contributed by atoms with Crippen molar-refractivity contribution in [3.05, 3.63) is 23.8 Å². The number of nitrogens with one attached hydrogen (secondary N) is 1. The summed E-state index contributed by atoms with van der Waals surface area (Å²) in [6.45, 7) is 4.11. The van der Waals surface area contributed by atoms with Crippen molar-refractivity contribution in [2.24, 2.45) is 0 Å². The largest absolute Gasteiger partial charge is 0.476 e. The van der Waals surface area contributed by atoms with Gasteiger partial charge in [-0.1, -0.05) is 0 Å². The van der Waals surface area contributed by atoms with Crippen molar-refractivity contribution in [2.45, 2.75) is 25.9 Å². The second-order valence-electron chi connectivity index (χ2n) is 5.44. The maximum Gasteiger partial charge on any atom is 0.270 e. The molecule has 1 amide bonds. The van der Waals surface area contributed by atoms with Crippen LogP contribution in [0.2, 0.25) is 0 Å². The van der Waals surface area contributed by atoms with Crippen LogP contribution in [-0.2, 0) is 4.79 Å².